The predicted molar refractivity (Wildman–Crippen MR) is 97.1 cm³/mol. The zero-order valence-corrected chi connectivity index (χ0v) is 14.5. The smallest absolute Gasteiger partial charge is 0.257 e. The highest BCUT2D eigenvalue weighted by molar-refractivity contribution is 5.97. The summed E-state index contributed by atoms with van der Waals surface area (Å²) in [5.74, 6) is -1.05. The van der Waals surface area contributed by atoms with Crippen LogP contribution < -0.4 is 5.32 Å². The number of fused-ring (bicyclic) bond motifs is 1. The maximum Gasteiger partial charge on any atom is 0.257 e. The van der Waals surface area contributed by atoms with Crippen LogP contribution in [0.4, 0.5) is 14.5 Å². The highest BCUT2D eigenvalue weighted by atomic mass is 19.1. The van der Waals surface area contributed by atoms with Crippen LogP contribution in [0.3, 0.4) is 0 Å². The summed E-state index contributed by atoms with van der Waals surface area (Å²) in [5, 5.41) is 22.8. The molecular weight excluding hydrogens is 352 g/mol. The molecule has 3 aromatic rings. The summed E-state index contributed by atoms with van der Waals surface area (Å²) in [6, 6.07) is 12.1. The highest BCUT2D eigenvalue weighted by Gasteiger charge is 2.31. The number of nitrogens with one attached hydrogen (secondary N) is 1. The number of hydrogen-bond donors (Lipinski definition) is 2. The third-order valence-electron chi connectivity index (χ3n) is 4.33. The predicted octanol–water partition coefficient (Wildman–Crippen LogP) is 3.51. The molecule has 0 bridgehead atoms. The molecule has 1 heterocycles. The molecule has 27 heavy (non-hydrogen) atoms. The van der Waals surface area contributed by atoms with Gasteiger partial charge in [0.25, 0.3) is 5.91 Å². The van der Waals surface area contributed by atoms with Gasteiger partial charge in [0.05, 0.1) is 18.2 Å². The highest BCUT2D eigenvalue weighted by Crippen LogP contribution is 2.22. The molecule has 0 spiro atoms. The second-order valence-electron chi connectivity index (χ2n) is 6.49. The van der Waals surface area contributed by atoms with E-state index in [0.717, 1.165) is 0 Å². The normalized spacial score (nSPS) is 13.1. The summed E-state index contributed by atoms with van der Waals surface area (Å²) in [6.07, 6.45) is 1.66. The third-order valence-corrected chi connectivity index (χ3v) is 4.33. The Hall–Kier alpha value is -3.24. The monoisotopic (exact) mass is 369 g/mol. The van der Waals surface area contributed by atoms with Crippen molar-refractivity contribution in [2.24, 2.45) is 0 Å². The largest absolute Gasteiger partial charge is 0.378 e. The molecule has 7 heteroatoms. The minimum absolute atomic E-state index is 0.0553. The van der Waals surface area contributed by atoms with Gasteiger partial charge in [-0.25, -0.2) is 8.78 Å². The Labute approximate surface area is 154 Å². The van der Waals surface area contributed by atoms with Gasteiger partial charge in [-0.15, -0.1) is 0 Å². The van der Waals surface area contributed by atoms with Crippen LogP contribution in [0.2, 0.25) is 0 Å². The lowest BCUT2D eigenvalue weighted by Crippen LogP contribution is -2.43. The van der Waals surface area contributed by atoms with Crippen molar-refractivity contribution in [3.05, 3.63) is 65.6 Å². The Morgan fingerprint density at radius 3 is 2.78 bits per heavy atom. The molecule has 0 fully saturated rings. The van der Waals surface area contributed by atoms with Crippen molar-refractivity contribution in [1.82, 2.24) is 4.57 Å². The molecule has 0 aliphatic rings. The van der Waals surface area contributed by atoms with Gasteiger partial charge in [0.15, 0.2) is 5.60 Å². The van der Waals surface area contributed by atoms with Crippen molar-refractivity contribution < 1.29 is 18.7 Å². The SMILES string of the molecule is C[C@](O)(Cn1ccc2cc(F)ccc21)C(=O)Nc1ccc(C#N)c(CF)c1. The van der Waals surface area contributed by atoms with E-state index in [9.17, 15) is 18.7 Å². The number of hydrogen-bond acceptors (Lipinski definition) is 3. The molecule has 0 aliphatic carbocycles. The summed E-state index contributed by atoms with van der Waals surface area (Å²) in [7, 11) is 0. The Balaban J connectivity index is 1.80. The molecule has 0 unspecified atom stereocenters. The number of aliphatic hydroxyl groups is 1. The second kappa shape index (κ2) is 7.17. The number of carbonyl (C=O) groups is 1. The minimum Gasteiger partial charge on any atom is -0.378 e. The van der Waals surface area contributed by atoms with Crippen molar-refractivity contribution in [3.63, 3.8) is 0 Å². The molecule has 2 aromatic carbocycles. The first-order valence-electron chi connectivity index (χ1n) is 8.21. The first-order chi connectivity index (χ1) is 12.8. The van der Waals surface area contributed by atoms with Gasteiger partial charge in [0.1, 0.15) is 12.5 Å². The van der Waals surface area contributed by atoms with E-state index < -0.39 is 18.2 Å². The quantitative estimate of drug-likeness (QED) is 0.722. The first-order valence-corrected chi connectivity index (χ1v) is 8.21. The molecule has 0 aliphatic heterocycles. The zero-order valence-electron chi connectivity index (χ0n) is 14.5. The molecule has 5 nitrogen and oxygen atoms in total. The molecule has 138 valence electrons. The van der Waals surface area contributed by atoms with Crippen LogP contribution in [0.25, 0.3) is 10.9 Å². The average Bonchev–Trinajstić information content (AvgIpc) is 3.02. The van der Waals surface area contributed by atoms with Crippen molar-refractivity contribution in [1.29, 1.82) is 5.26 Å². The molecule has 0 saturated carbocycles. The van der Waals surface area contributed by atoms with Gasteiger partial charge in [-0.2, -0.15) is 5.26 Å². The van der Waals surface area contributed by atoms with E-state index in [4.69, 9.17) is 5.26 Å². The lowest BCUT2D eigenvalue weighted by Gasteiger charge is -2.23. The zero-order chi connectivity index (χ0) is 19.6. The fraction of sp³-hybridized carbons (Fsp3) is 0.200. The van der Waals surface area contributed by atoms with Crippen LogP contribution in [0.5, 0.6) is 0 Å². The molecule has 1 aromatic heterocycles. The van der Waals surface area contributed by atoms with Crippen molar-refractivity contribution in [2.75, 3.05) is 5.32 Å². The number of halogens is 2. The van der Waals surface area contributed by atoms with Gasteiger partial charge >= 0.3 is 0 Å². The summed E-state index contributed by atoms with van der Waals surface area (Å²) in [4.78, 5) is 12.5. The lowest BCUT2D eigenvalue weighted by molar-refractivity contribution is -0.133. The van der Waals surface area contributed by atoms with Gasteiger partial charge in [-0.3, -0.25) is 4.79 Å². The van der Waals surface area contributed by atoms with Gasteiger partial charge in [-0.05, 0) is 49.4 Å². The number of carbonyl (C=O) groups excluding carboxylic acids is 1. The molecule has 0 saturated heterocycles. The van der Waals surface area contributed by atoms with Crippen LogP contribution >= 0.6 is 0 Å². The summed E-state index contributed by atoms with van der Waals surface area (Å²) in [5.41, 5.74) is -0.458. The number of rotatable bonds is 5. The van der Waals surface area contributed by atoms with Crippen LogP contribution in [-0.4, -0.2) is 21.2 Å². The molecule has 2 N–H and O–H groups in total. The molecule has 3 rings (SSSR count). The van der Waals surface area contributed by atoms with E-state index >= 15 is 0 Å². The summed E-state index contributed by atoms with van der Waals surface area (Å²) >= 11 is 0. The van der Waals surface area contributed by atoms with Crippen LogP contribution in [0.15, 0.2) is 48.7 Å². The van der Waals surface area contributed by atoms with Gasteiger partial charge in [-0.1, -0.05) is 0 Å². The van der Waals surface area contributed by atoms with E-state index in [-0.39, 0.29) is 29.2 Å². The first kappa shape index (κ1) is 18.5. The number of benzene rings is 2. The van der Waals surface area contributed by atoms with Crippen LogP contribution in [0, 0.1) is 17.1 Å². The Kier molecular flexibility index (Phi) is 4.93. The van der Waals surface area contributed by atoms with E-state index in [1.165, 1.54) is 37.3 Å². The number of alkyl halides is 1. The van der Waals surface area contributed by atoms with E-state index in [0.29, 0.717) is 10.9 Å². The third kappa shape index (κ3) is 3.81. The van der Waals surface area contributed by atoms with Crippen molar-refractivity contribution >= 4 is 22.5 Å². The maximum atomic E-state index is 13.3. The van der Waals surface area contributed by atoms with E-state index in [1.807, 2.05) is 6.07 Å². The molecular formula is C20H17F2N3O2. The molecule has 0 radical (unpaired) electrons. The van der Waals surface area contributed by atoms with Crippen LogP contribution in [-0.2, 0) is 18.0 Å². The van der Waals surface area contributed by atoms with Gasteiger partial charge in [0, 0.05) is 28.4 Å². The fourth-order valence-corrected chi connectivity index (χ4v) is 2.87. The Morgan fingerprint density at radius 1 is 1.30 bits per heavy atom. The standard InChI is InChI=1S/C20H17F2N3O2/c1-20(27,12-25-7-6-13-8-16(22)3-5-18(13)25)19(26)24-17-4-2-14(11-23)15(9-17)10-21/h2-9,27H,10,12H2,1H3,(H,24,26)/t20-/m0/s1. The Bertz CT molecular complexity index is 1050. The van der Waals surface area contributed by atoms with Gasteiger partial charge < -0.3 is 15.0 Å². The van der Waals surface area contributed by atoms with Crippen molar-refractivity contribution in [2.45, 2.75) is 25.7 Å². The minimum atomic E-state index is -1.77. The van der Waals surface area contributed by atoms with E-state index in [1.54, 1.807) is 22.9 Å². The summed E-state index contributed by atoms with van der Waals surface area (Å²) < 4.78 is 28.0. The number of anilines is 1. The van der Waals surface area contributed by atoms with Crippen LogP contribution in [0.1, 0.15) is 18.1 Å². The maximum absolute atomic E-state index is 13.3. The number of aromatic nitrogens is 1. The molecule has 1 atom stereocenters. The Morgan fingerprint density at radius 2 is 2.07 bits per heavy atom. The topological polar surface area (TPSA) is 78.1 Å². The van der Waals surface area contributed by atoms with Crippen molar-refractivity contribution in [3.8, 4) is 6.07 Å². The van der Waals surface area contributed by atoms with Gasteiger partial charge in [0.2, 0.25) is 0 Å². The number of amides is 1. The lowest BCUT2D eigenvalue weighted by atomic mass is 10.0. The fourth-order valence-electron chi connectivity index (χ4n) is 2.87. The molecule has 1 amide bonds. The number of nitriles is 1. The number of nitrogens with zero attached hydrogens (tertiary/aromatic N) is 2. The second-order valence-corrected chi connectivity index (χ2v) is 6.49. The summed E-state index contributed by atoms with van der Waals surface area (Å²) in [6.45, 7) is 0.465. The van der Waals surface area contributed by atoms with E-state index in [2.05, 4.69) is 5.32 Å². The average molecular weight is 369 g/mol.